The maximum atomic E-state index is 13.4. The molecule has 0 spiro atoms. The molecule has 3 nitrogen and oxygen atoms in total. The summed E-state index contributed by atoms with van der Waals surface area (Å²) in [5.41, 5.74) is 5.85. The molecule has 1 aromatic carbocycles. The van der Waals surface area contributed by atoms with Gasteiger partial charge in [0.1, 0.15) is 5.82 Å². The molecular formula is C12H10BrFN2OS. The summed E-state index contributed by atoms with van der Waals surface area (Å²) in [4.78, 5) is 12.8. The quantitative estimate of drug-likeness (QED) is 0.850. The van der Waals surface area contributed by atoms with Gasteiger partial charge in [0.15, 0.2) is 0 Å². The van der Waals surface area contributed by atoms with Gasteiger partial charge >= 0.3 is 0 Å². The standard InChI is InChI=1S/C12H10BrFN2OS/c13-11-4-2-8(18-11)6-16-12(17)9-5-7(15)1-3-10(9)14/h1-5H,6,15H2,(H,16,17). The minimum absolute atomic E-state index is 0.0365. The molecule has 0 saturated carbocycles. The van der Waals surface area contributed by atoms with Crippen molar-refractivity contribution in [1.29, 1.82) is 0 Å². The van der Waals surface area contributed by atoms with Crippen molar-refractivity contribution < 1.29 is 9.18 Å². The van der Waals surface area contributed by atoms with Gasteiger partial charge in [0.05, 0.1) is 15.9 Å². The summed E-state index contributed by atoms with van der Waals surface area (Å²) in [5, 5.41) is 2.65. The number of anilines is 1. The molecule has 2 aromatic rings. The first-order chi connectivity index (χ1) is 8.56. The molecule has 1 amide bonds. The Bertz CT molecular complexity index is 585. The van der Waals surface area contributed by atoms with Crippen LogP contribution in [-0.2, 0) is 6.54 Å². The molecule has 6 heteroatoms. The molecule has 0 unspecified atom stereocenters. The van der Waals surface area contributed by atoms with Crippen molar-refractivity contribution in [2.45, 2.75) is 6.54 Å². The van der Waals surface area contributed by atoms with E-state index in [1.807, 2.05) is 12.1 Å². The Labute approximate surface area is 116 Å². The summed E-state index contributed by atoms with van der Waals surface area (Å²) in [6.45, 7) is 0.364. The largest absolute Gasteiger partial charge is 0.399 e. The lowest BCUT2D eigenvalue weighted by atomic mass is 10.2. The van der Waals surface area contributed by atoms with Gasteiger partial charge in [-0.3, -0.25) is 4.79 Å². The summed E-state index contributed by atoms with van der Waals surface area (Å²) in [6, 6.07) is 7.72. The molecule has 0 aliphatic rings. The van der Waals surface area contributed by atoms with Crippen molar-refractivity contribution >= 4 is 38.9 Å². The Morgan fingerprint density at radius 1 is 1.39 bits per heavy atom. The highest BCUT2D eigenvalue weighted by Gasteiger charge is 2.11. The molecule has 1 aromatic heterocycles. The van der Waals surface area contributed by atoms with Crippen LogP contribution in [0.25, 0.3) is 0 Å². The van der Waals surface area contributed by atoms with Gasteiger partial charge in [-0.1, -0.05) is 0 Å². The Balaban J connectivity index is 2.05. The van der Waals surface area contributed by atoms with Crippen LogP contribution in [0.2, 0.25) is 0 Å². The molecular weight excluding hydrogens is 319 g/mol. The van der Waals surface area contributed by atoms with Gasteiger partial charge in [-0.25, -0.2) is 4.39 Å². The van der Waals surface area contributed by atoms with Crippen molar-refractivity contribution in [3.05, 3.63) is 50.4 Å². The SMILES string of the molecule is Nc1ccc(F)c(C(=O)NCc2ccc(Br)s2)c1. The lowest BCUT2D eigenvalue weighted by Crippen LogP contribution is -2.23. The highest BCUT2D eigenvalue weighted by molar-refractivity contribution is 9.11. The van der Waals surface area contributed by atoms with E-state index in [4.69, 9.17) is 5.73 Å². The van der Waals surface area contributed by atoms with E-state index in [2.05, 4.69) is 21.2 Å². The molecule has 0 radical (unpaired) electrons. The van der Waals surface area contributed by atoms with Crippen LogP contribution in [0.15, 0.2) is 34.1 Å². The number of halogens is 2. The van der Waals surface area contributed by atoms with Crippen molar-refractivity contribution in [1.82, 2.24) is 5.32 Å². The first-order valence-electron chi connectivity index (χ1n) is 5.13. The van der Waals surface area contributed by atoms with Crippen LogP contribution in [0.5, 0.6) is 0 Å². The van der Waals surface area contributed by atoms with Gasteiger partial charge in [-0.15, -0.1) is 11.3 Å². The van der Waals surface area contributed by atoms with E-state index in [0.717, 1.165) is 8.66 Å². The third kappa shape index (κ3) is 3.08. The van der Waals surface area contributed by atoms with Crippen LogP contribution < -0.4 is 11.1 Å². The summed E-state index contributed by atoms with van der Waals surface area (Å²) in [6.07, 6.45) is 0. The number of carbonyl (C=O) groups excluding carboxylic acids is 1. The van der Waals surface area contributed by atoms with Crippen molar-refractivity contribution in [2.24, 2.45) is 0 Å². The second-order valence-corrected chi connectivity index (χ2v) is 6.18. The van der Waals surface area contributed by atoms with Gasteiger partial charge in [0.25, 0.3) is 5.91 Å². The van der Waals surface area contributed by atoms with E-state index in [1.54, 1.807) is 0 Å². The lowest BCUT2D eigenvalue weighted by molar-refractivity contribution is 0.0947. The molecule has 94 valence electrons. The molecule has 0 bridgehead atoms. The number of benzene rings is 1. The molecule has 0 fully saturated rings. The fourth-order valence-corrected chi connectivity index (χ4v) is 2.85. The fourth-order valence-electron chi connectivity index (χ4n) is 1.43. The van der Waals surface area contributed by atoms with Crippen LogP contribution in [0, 0.1) is 5.82 Å². The number of carbonyl (C=O) groups is 1. The van der Waals surface area contributed by atoms with E-state index in [-0.39, 0.29) is 5.56 Å². The van der Waals surface area contributed by atoms with Crippen molar-refractivity contribution in [2.75, 3.05) is 5.73 Å². The number of thiophene rings is 1. The topological polar surface area (TPSA) is 55.1 Å². The first kappa shape index (κ1) is 13.0. The predicted octanol–water partition coefficient (Wildman–Crippen LogP) is 3.16. The van der Waals surface area contributed by atoms with Crippen LogP contribution in [-0.4, -0.2) is 5.91 Å². The van der Waals surface area contributed by atoms with Gasteiger partial charge in [-0.2, -0.15) is 0 Å². The number of hydrogen-bond donors (Lipinski definition) is 2. The molecule has 0 atom stereocenters. The van der Waals surface area contributed by atoms with Gasteiger partial charge in [-0.05, 0) is 46.3 Å². The molecule has 0 saturated heterocycles. The van der Waals surface area contributed by atoms with Gasteiger partial charge < -0.3 is 11.1 Å². The van der Waals surface area contributed by atoms with Gasteiger partial charge in [0.2, 0.25) is 0 Å². The average Bonchev–Trinajstić information content (AvgIpc) is 2.75. The smallest absolute Gasteiger partial charge is 0.254 e. The Morgan fingerprint density at radius 2 is 2.17 bits per heavy atom. The zero-order valence-corrected chi connectivity index (χ0v) is 11.6. The van der Waals surface area contributed by atoms with Crippen LogP contribution in [0.1, 0.15) is 15.2 Å². The maximum Gasteiger partial charge on any atom is 0.254 e. The zero-order chi connectivity index (χ0) is 13.1. The summed E-state index contributed by atoms with van der Waals surface area (Å²) in [5.74, 6) is -1.04. The fraction of sp³-hybridized carbons (Fsp3) is 0.0833. The van der Waals surface area contributed by atoms with Crippen LogP contribution in [0.3, 0.4) is 0 Å². The number of nitrogen functional groups attached to an aromatic ring is 1. The average molecular weight is 329 g/mol. The number of hydrogen-bond acceptors (Lipinski definition) is 3. The Hall–Kier alpha value is -1.40. The second kappa shape index (κ2) is 5.49. The third-order valence-electron chi connectivity index (χ3n) is 2.29. The molecule has 2 rings (SSSR count). The van der Waals surface area contributed by atoms with E-state index >= 15 is 0 Å². The maximum absolute atomic E-state index is 13.4. The summed E-state index contributed by atoms with van der Waals surface area (Å²) < 4.78 is 14.4. The van der Waals surface area contributed by atoms with E-state index < -0.39 is 11.7 Å². The third-order valence-corrected chi connectivity index (χ3v) is 3.91. The van der Waals surface area contributed by atoms with E-state index in [9.17, 15) is 9.18 Å². The van der Waals surface area contributed by atoms with E-state index in [1.165, 1.54) is 29.5 Å². The minimum Gasteiger partial charge on any atom is -0.399 e. The Kier molecular flexibility index (Phi) is 3.98. The number of nitrogens with one attached hydrogen (secondary N) is 1. The van der Waals surface area contributed by atoms with Crippen molar-refractivity contribution in [3.63, 3.8) is 0 Å². The van der Waals surface area contributed by atoms with Crippen molar-refractivity contribution in [3.8, 4) is 0 Å². The number of rotatable bonds is 3. The molecule has 0 aliphatic heterocycles. The summed E-state index contributed by atoms with van der Waals surface area (Å²) >= 11 is 4.85. The zero-order valence-electron chi connectivity index (χ0n) is 9.24. The molecule has 0 aliphatic carbocycles. The van der Waals surface area contributed by atoms with Crippen LogP contribution in [0.4, 0.5) is 10.1 Å². The number of nitrogens with two attached hydrogens (primary N) is 1. The van der Waals surface area contributed by atoms with Gasteiger partial charge in [0, 0.05) is 10.6 Å². The molecule has 3 N–H and O–H groups in total. The minimum atomic E-state index is -0.575. The van der Waals surface area contributed by atoms with Crippen LogP contribution >= 0.6 is 27.3 Å². The summed E-state index contributed by atoms with van der Waals surface area (Å²) in [7, 11) is 0. The predicted molar refractivity (Wildman–Crippen MR) is 74.0 cm³/mol. The molecule has 1 heterocycles. The highest BCUT2D eigenvalue weighted by Crippen LogP contribution is 2.22. The highest BCUT2D eigenvalue weighted by atomic mass is 79.9. The van der Waals surface area contributed by atoms with E-state index in [0.29, 0.717) is 12.2 Å². The normalized spacial score (nSPS) is 10.3. The molecule has 18 heavy (non-hydrogen) atoms. The number of amides is 1. The second-order valence-electron chi connectivity index (χ2n) is 3.63. The lowest BCUT2D eigenvalue weighted by Gasteiger charge is -2.05. The Morgan fingerprint density at radius 3 is 2.83 bits per heavy atom. The monoisotopic (exact) mass is 328 g/mol. The first-order valence-corrected chi connectivity index (χ1v) is 6.74.